The molecule has 19 heavy (non-hydrogen) atoms. The number of hydrogen-bond acceptors (Lipinski definition) is 4. The van der Waals surface area contributed by atoms with E-state index in [9.17, 15) is 4.79 Å². The van der Waals surface area contributed by atoms with Crippen LogP contribution in [-0.4, -0.2) is 49.0 Å². The van der Waals surface area contributed by atoms with Gasteiger partial charge in [-0.3, -0.25) is 4.79 Å². The highest BCUT2D eigenvalue weighted by molar-refractivity contribution is 5.93. The van der Waals surface area contributed by atoms with Crippen LogP contribution in [0.25, 0.3) is 0 Å². The van der Waals surface area contributed by atoms with Gasteiger partial charge in [-0.2, -0.15) is 0 Å². The lowest BCUT2D eigenvalue weighted by atomic mass is 10.0. The number of nitrogens with two attached hydrogens (primary N) is 1. The Morgan fingerprint density at radius 2 is 2.26 bits per heavy atom. The van der Waals surface area contributed by atoms with Crippen LogP contribution in [0.2, 0.25) is 0 Å². The lowest BCUT2D eigenvalue weighted by Crippen LogP contribution is -2.30. The van der Waals surface area contributed by atoms with Crippen molar-refractivity contribution < 1.29 is 4.79 Å². The molecule has 0 spiro atoms. The van der Waals surface area contributed by atoms with Gasteiger partial charge >= 0.3 is 0 Å². The van der Waals surface area contributed by atoms with Crippen LogP contribution in [0.15, 0.2) is 18.3 Å². The van der Waals surface area contributed by atoms with E-state index in [4.69, 9.17) is 5.73 Å². The van der Waals surface area contributed by atoms with Gasteiger partial charge in [0.05, 0.1) is 5.56 Å². The molecule has 5 nitrogen and oxygen atoms in total. The molecule has 104 valence electrons. The monoisotopic (exact) mass is 262 g/mol. The summed E-state index contributed by atoms with van der Waals surface area (Å²) in [4.78, 5) is 20.0. The Morgan fingerprint density at radius 1 is 1.53 bits per heavy atom. The lowest BCUT2D eigenvalue weighted by molar-refractivity contribution is 0.0827. The summed E-state index contributed by atoms with van der Waals surface area (Å²) < 4.78 is 0. The summed E-state index contributed by atoms with van der Waals surface area (Å²) in [6.07, 6.45) is 2.76. The minimum atomic E-state index is -0.0195. The molecular formula is C14H22N4O. The summed E-state index contributed by atoms with van der Waals surface area (Å²) in [6, 6.07) is 3.98. The van der Waals surface area contributed by atoms with E-state index in [0.29, 0.717) is 11.5 Å². The molecule has 1 saturated heterocycles. The van der Waals surface area contributed by atoms with Gasteiger partial charge in [0, 0.05) is 39.4 Å². The SMILES string of the molecule is CC(N)C1CCN(c2ccc(C(=O)N(C)C)cn2)C1. The Balaban J connectivity index is 2.05. The van der Waals surface area contributed by atoms with Gasteiger partial charge in [-0.1, -0.05) is 0 Å². The molecule has 0 saturated carbocycles. The van der Waals surface area contributed by atoms with Crippen molar-refractivity contribution in [1.82, 2.24) is 9.88 Å². The molecule has 1 aromatic heterocycles. The summed E-state index contributed by atoms with van der Waals surface area (Å²) in [5, 5.41) is 0. The molecule has 1 aliphatic heterocycles. The zero-order valence-corrected chi connectivity index (χ0v) is 11.8. The number of carbonyl (C=O) groups is 1. The van der Waals surface area contributed by atoms with Gasteiger partial charge in [-0.15, -0.1) is 0 Å². The van der Waals surface area contributed by atoms with Gasteiger partial charge in [0.2, 0.25) is 0 Å². The second-order valence-corrected chi connectivity index (χ2v) is 5.46. The Hall–Kier alpha value is -1.62. The van der Waals surface area contributed by atoms with Gasteiger partial charge in [0.25, 0.3) is 5.91 Å². The van der Waals surface area contributed by atoms with E-state index in [1.807, 2.05) is 12.1 Å². The summed E-state index contributed by atoms with van der Waals surface area (Å²) >= 11 is 0. The molecule has 0 aliphatic carbocycles. The van der Waals surface area contributed by atoms with Crippen LogP contribution in [0.3, 0.4) is 0 Å². The number of pyridine rings is 1. The fourth-order valence-electron chi connectivity index (χ4n) is 2.38. The van der Waals surface area contributed by atoms with Gasteiger partial charge in [0.1, 0.15) is 5.82 Å². The van der Waals surface area contributed by atoms with Crippen molar-refractivity contribution in [2.24, 2.45) is 11.7 Å². The van der Waals surface area contributed by atoms with Crippen LogP contribution in [0, 0.1) is 5.92 Å². The first-order valence-electron chi connectivity index (χ1n) is 6.67. The summed E-state index contributed by atoms with van der Waals surface area (Å²) in [5.74, 6) is 1.44. The standard InChI is InChI=1S/C14H22N4O/c1-10(15)12-6-7-18(9-12)13-5-4-11(8-16-13)14(19)17(2)3/h4-5,8,10,12H,6-7,9,15H2,1-3H3. The summed E-state index contributed by atoms with van der Waals surface area (Å²) in [7, 11) is 3.48. The third-order valence-corrected chi connectivity index (χ3v) is 3.69. The molecule has 0 bridgehead atoms. The molecular weight excluding hydrogens is 240 g/mol. The fourth-order valence-corrected chi connectivity index (χ4v) is 2.38. The first kappa shape index (κ1) is 13.8. The number of nitrogens with zero attached hydrogens (tertiary/aromatic N) is 3. The van der Waals surface area contributed by atoms with Crippen LogP contribution >= 0.6 is 0 Å². The lowest BCUT2D eigenvalue weighted by Gasteiger charge is -2.19. The van der Waals surface area contributed by atoms with Crippen LogP contribution in [-0.2, 0) is 0 Å². The molecule has 0 radical (unpaired) electrons. The average Bonchev–Trinajstić information content (AvgIpc) is 2.87. The molecule has 2 heterocycles. The number of carbonyl (C=O) groups excluding carboxylic acids is 1. The van der Waals surface area contributed by atoms with Gasteiger partial charge in [-0.05, 0) is 31.4 Å². The molecule has 2 N–H and O–H groups in total. The Morgan fingerprint density at radius 3 is 2.74 bits per heavy atom. The Kier molecular flexibility index (Phi) is 4.04. The van der Waals surface area contributed by atoms with E-state index in [0.717, 1.165) is 25.3 Å². The number of amides is 1. The first-order chi connectivity index (χ1) is 8.99. The zero-order valence-electron chi connectivity index (χ0n) is 11.8. The zero-order chi connectivity index (χ0) is 14.0. The topological polar surface area (TPSA) is 62.5 Å². The molecule has 0 aromatic carbocycles. The predicted octanol–water partition coefficient (Wildman–Crippen LogP) is 0.957. The quantitative estimate of drug-likeness (QED) is 0.881. The third-order valence-electron chi connectivity index (χ3n) is 3.69. The second-order valence-electron chi connectivity index (χ2n) is 5.46. The maximum Gasteiger partial charge on any atom is 0.254 e. The van der Waals surface area contributed by atoms with Crippen molar-refractivity contribution in [3.8, 4) is 0 Å². The summed E-state index contributed by atoms with van der Waals surface area (Å²) in [6.45, 7) is 3.99. The maximum atomic E-state index is 11.8. The molecule has 2 unspecified atom stereocenters. The highest BCUT2D eigenvalue weighted by Gasteiger charge is 2.26. The molecule has 5 heteroatoms. The van der Waals surface area contributed by atoms with Crippen molar-refractivity contribution in [3.63, 3.8) is 0 Å². The minimum absolute atomic E-state index is 0.0195. The van der Waals surface area contributed by atoms with Crippen molar-refractivity contribution >= 4 is 11.7 Å². The number of hydrogen-bond donors (Lipinski definition) is 1. The molecule has 1 aromatic rings. The fraction of sp³-hybridized carbons (Fsp3) is 0.571. The van der Waals surface area contributed by atoms with Crippen LogP contribution < -0.4 is 10.6 Å². The van der Waals surface area contributed by atoms with E-state index in [2.05, 4.69) is 16.8 Å². The van der Waals surface area contributed by atoms with Crippen LogP contribution in [0.1, 0.15) is 23.7 Å². The van der Waals surface area contributed by atoms with Crippen molar-refractivity contribution in [2.45, 2.75) is 19.4 Å². The van der Waals surface area contributed by atoms with Crippen LogP contribution in [0.4, 0.5) is 5.82 Å². The van der Waals surface area contributed by atoms with Gasteiger partial charge < -0.3 is 15.5 Å². The second kappa shape index (κ2) is 5.57. The predicted molar refractivity (Wildman–Crippen MR) is 76.2 cm³/mol. The maximum absolute atomic E-state index is 11.8. The van der Waals surface area contributed by atoms with Crippen molar-refractivity contribution in [2.75, 3.05) is 32.1 Å². The molecule has 2 atom stereocenters. The van der Waals surface area contributed by atoms with E-state index < -0.39 is 0 Å². The highest BCUT2D eigenvalue weighted by atomic mass is 16.2. The highest BCUT2D eigenvalue weighted by Crippen LogP contribution is 2.23. The van der Waals surface area contributed by atoms with Crippen molar-refractivity contribution in [3.05, 3.63) is 23.9 Å². The number of rotatable bonds is 3. The number of anilines is 1. The number of aromatic nitrogens is 1. The summed E-state index contributed by atoms with van der Waals surface area (Å²) in [5.41, 5.74) is 6.56. The smallest absolute Gasteiger partial charge is 0.254 e. The normalized spacial score (nSPS) is 20.4. The molecule has 1 aliphatic rings. The minimum Gasteiger partial charge on any atom is -0.356 e. The van der Waals surface area contributed by atoms with Gasteiger partial charge in [0.15, 0.2) is 0 Å². The van der Waals surface area contributed by atoms with E-state index in [1.165, 1.54) is 0 Å². The largest absolute Gasteiger partial charge is 0.356 e. The van der Waals surface area contributed by atoms with Gasteiger partial charge in [-0.25, -0.2) is 4.98 Å². The van der Waals surface area contributed by atoms with Crippen LogP contribution in [0.5, 0.6) is 0 Å². The first-order valence-corrected chi connectivity index (χ1v) is 6.67. The van der Waals surface area contributed by atoms with E-state index in [1.54, 1.807) is 25.2 Å². The third kappa shape index (κ3) is 3.04. The molecule has 1 amide bonds. The van der Waals surface area contributed by atoms with Crippen molar-refractivity contribution in [1.29, 1.82) is 0 Å². The van der Waals surface area contributed by atoms with E-state index >= 15 is 0 Å². The molecule has 2 rings (SSSR count). The Bertz CT molecular complexity index is 441. The average molecular weight is 262 g/mol. The van der Waals surface area contributed by atoms with E-state index in [-0.39, 0.29) is 11.9 Å². The Labute approximate surface area is 114 Å². The molecule has 1 fully saturated rings.